The third-order valence-electron chi connectivity index (χ3n) is 5.56. The monoisotopic (exact) mass is 446 g/mol. The molecule has 0 atom stereocenters. The van der Waals surface area contributed by atoms with Gasteiger partial charge in [-0.15, -0.1) is 0 Å². The molecule has 0 aliphatic rings. The van der Waals surface area contributed by atoms with E-state index in [4.69, 9.17) is 13.6 Å². The number of ether oxygens (including phenoxy) is 1. The maximum atomic E-state index is 12.7. The fourth-order valence-corrected chi connectivity index (χ4v) is 3.67. The number of ketones is 1. The molecule has 0 unspecified atom stereocenters. The maximum absolute atomic E-state index is 12.7. The molecule has 0 amide bonds. The van der Waals surface area contributed by atoms with Crippen LogP contribution in [-0.4, -0.2) is 27.9 Å². The van der Waals surface area contributed by atoms with E-state index in [2.05, 4.69) is 4.98 Å². The number of Topliss-reactive ketones (excluding diaryl/α,β-unsaturated/α-hetero) is 1. The van der Waals surface area contributed by atoms with Crippen LogP contribution in [0.15, 0.2) is 63.8 Å². The van der Waals surface area contributed by atoms with Crippen molar-refractivity contribution in [2.75, 3.05) is 6.61 Å². The summed E-state index contributed by atoms with van der Waals surface area (Å²) in [6, 6.07) is 13.5. The van der Waals surface area contributed by atoms with Gasteiger partial charge < -0.3 is 18.1 Å². The Morgan fingerprint density at radius 2 is 1.88 bits per heavy atom. The summed E-state index contributed by atoms with van der Waals surface area (Å²) in [5, 5.41) is 0. The number of hydrogen-bond acceptors (Lipinski definition) is 6. The standard InChI is InChI=1S/C26H26N2O5/c1-17-6-8-20(9-7-17)24-14-27-25(33-24)10-11-26(30)32-16-23(29)22-13-18(2)28(19(22)3)15-21-5-4-12-31-21/h4-9,12-14H,10-11,15-16H2,1-3H3. The minimum Gasteiger partial charge on any atom is -0.467 e. The van der Waals surface area contributed by atoms with Gasteiger partial charge in [0.05, 0.1) is 25.4 Å². The summed E-state index contributed by atoms with van der Waals surface area (Å²) < 4.78 is 18.3. The molecule has 7 nitrogen and oxygen atoms in total. The summed E-state index contributed by atoms with van der Waals surface area (Å²) in [5.41, 5.74) is 4.38. The fraction of sp³-hybridized carbons (Fsp3) is 0.269. The number of esters is 1. The number of oxazole rings is 1. The molecule has 4 aromatic rings. The molecule has 0 aliphatic heterocycles. The van der Waals surface area contributed by atoms with E-state index in [1.54, 1.807) is 12.5 Å². The maximum Gasteiger partial charge on any atom is 0.306 e. The van der Waals surface area contributed by atoms with Gasteiger partial charge in [0.15, 0.2) is 18.3 Å². The number of nitrogens with zero attached hydrogens (tertiary/aromatic N) is 2. The second-order valence-corrected chi connectivity index (χ2v) is 8.02. The van der Waals surface area contributed by atoms with Crippen molar-refractivity contribution in [1.82, 2.24) is 9.55 Å². The van der Waals surface area contributed by atoms with Crippen LogP contribution in [0.2, 0.25) is 0 Å². The van der Waals surface area contributed by atoms with Gasteiger partial charge in [-0.05, 0) is 39.0 Å². The van der Waals surface area contributed by atoms with E-state index < -0.39 is 5.97 Å². The Hall–Kier alpha value is -3.87. The van der Waals surface area contributed by atoms with Crippen molar-refractivity contribution >= 4 is 11.8 Å². The molecule has 0 bridgehead atoms. The number of rotatable bonds is 9. The Bertz CT molecular complexity index is 1250. The summed E-state index contributed by atoms with van der Waals surface area (Å²) >= 11 is 0. The Kier molecular flexibility index (Phi) is 6.58. The Balaban J connectivity index is 1.29. The highest BCUT2D eigenvalue weighted by Crippen LogP contribution is 2.22. The minimum atomic E-state index is -0.470. The number of benzene rings is 1. The van der Waals surface area contributed by atoms with E-state index in [0.717, 1.165) is 28.3 Å². The number of carbonyl (C=O) groups excluding carboxylic acids is 2. The van der Waals surface area contributed by atoms with Crippen molar-refractivity contribution in [2.24, 2.45) is 0 Å². The Morgan fingerprint density at radius 1 is 1.09 bits per heavy atom. The predicted octanol–water partition coefficient (Wildman–Crippen LogP) is 5.07. The van der Waals surface area contributed by atoms with Gasteiger partial charge in [0.2, 0.25) is 5.78 Å². The van der Waals surface area contributed by atoms with Crippen LogP contribution in [0, 0.1) is 20.8 Å². The normalized spacial score (nSPS) is 11.0. The zero-order chi connectivity index (χ0) is 23.4. The van der Waals surface area contributed by atoms with Gasteiger partial charge in [-0.25, -0.2) is 4.98 Å². The van der Waals surface area contributed by atoms with E-state index in [0.29, 0.717) is 30.2 Å². The van der Waals surface area contributed by atoms with Crippen molar-refractivity contribution in [3.8, 4) is 11.3 Å². The topological polar surface area (TPSA) is 87.5 Å². The van der Waals surface area contributed by atoms with Gasteiger partial charge >= 0.3 is 5.97 Å². The molecule has 0 saturated carbocycles. The molecule has 3 aromatic heterocycles. The average Bonchev–Trinajstić information content (AvgIpc) is 3.55. The quantitative estimate of drug-likeness (QED) is 0.264. The molecule has 7 heteroatoms. The lowest BCUT2D eigenvalue weighted by molar-refractivity contribution is -0.142. The van der Waals surface area contributed by atoms with Crippen LogP contribution in [0.1, 0.15) is 45.4 Å². The summed E-state index contributed by atoms with van der Waals surface area (Å²) in [4.78, 5) is 29.1. The van der Waals surface area contributed by atoms with Gasteiger partial charge in [0, 0.05) is 28.9 Å². The smallest absolute Gasteiger partial charge is 0.306 e. The second kappa shape index (κ2) is 9.73. The molecule has 170 valence electrons. The number of furan rings is 1. The predicted molar refractivity (Wildman–Crippen MR) is 122 cm³/mol. The van der Waals surface area contributed by atoms with Gasteiger partial charge in [-0.3, -0.25) is 9.59 Å². The summed E-state index contributed by atoms with van der Waals surface area (Å²) in [5.74, 6) is 1.20. The average molecular weight is 447 g/mol. The van der Waals surface area contributed by atoms with Gasteiger partial charge in [-0.1, -0.05) is 29.8 Å². The molecular formula is C26H26N2O5. The molecule has 0 aliphatic carbocycles. The van der Waals surface area contributed by atoms with Crippen molar-refractivity contribution in [1.29, 1.82) is 0 Å². The van der Waals surface area contributed by atoms with E-state index in [9.17, 15) is 9.59 Å². The van der Waals surface area contributed by atoms with Crippen LogP contribution >= 0.6 is 0 Å². The number of aromatic nitrogens is 2. The minimum absolute atomic E-state index is 0.0820. The number of hydrogen-bond donors (Lipinski definition) is 0. The molecular weight excluding hydrogens is 420 g/mol. The van der Waals surface area contributed by atoms with Gasteiger partial charge in [-0.2, -0.15) is 0 Å². The summed E-state index contributed by atoms with van der Waals surface area (Å²) in [6.07, 6.45) is 3.65. The van der Waals surface area contributed by atoms with Crippen LogP contribution < -0.4 is 0 Å². The highest BCUT2D eigenvalue weighted by Gasteiger charge is 2.18. The highest BCUT2D eigenvalue weighted by atomic mass is 16.5. The molecule has 33 heavy (non-hydrogen) atoms. The van der Waals surface area contributed by atoms with Crippen molar-refractivity contribution in [3.05, 3.63) is 89.1 Å². The molecule has 0 radical (unpaired) electrons. The van der Waals surface area contributed by atoms with Crippen LogP contribution in [0.4, 0.5) is 0 Å². The Labute approximate surface area is 192 Å². The van der Waals surface area contributed by atoms with E-state index >= 15 is 0 Å². The van der Waals surface area contributed by atoms with E-state index in [1.807, 2.05) is 67.8 Å². The SMILES string of the molecule is Cc1ccc(-c2cnc(CCC(=O)OCC(=O)c3cc(C)n(Cc4ccco4)c3C)o2)cc1. The van der Waals surface area contributed by atoms with Crippen molar-refractivity contribution < 1.29 is 23.2 Å². The molecule has 0 spiro atoms. The summed E-state index contributed by atoms with van der Waals surface area (Å²) in [6.45, 7) is 6.06. The first-order valence-corrected chi connectivity index (χ1v) is 10.8. The van der Waals surface area contributed by atoms with Gasteiger partial charge in [0.25, 0.3) is 0 Å². The zero-order valence-electron chi connectivity index (χ0n) is 19.0. The third kappa shape index (κ3) is 5.31. The highest BCUT2D eigenvalue weighted by molar-refractivity contribution is 5.99. The zero-order valence-corrected chi connectivity index (χ0v) is 19.0. The molecule has 0 N–H and O–H groups in total. The van der Waals surface area contributed by atoms with Crippen molar-refractivity contribution in [2.45, 2.75) is 40.2 Å². The van der Waals surface area contributed by atoms with Crippen LogP contribution in [-0.2, 0) is 22.5 Å². The molecule has 0 saturated heterocycles. The Morgan fingerprint density at radius 3 is 2.61 bits per heavy atom. The van der Waals surface area contributed by atoms with Crippen LogP contribution in [0.5, 0.6) is 0 Å². The van der Waals surface area contributed by atoms with E-state index in [1.165, 1.54) is 0 Å². The fourth-order valence-electron chi connectivity index (χ4n) is 3.67. The third-order valence-corrected chi connectivity index (χ3v) is 5.56. The first-order chi connectivity index (χ1) is 15.9. The molecule has 1 aromatic carbocycles. The number of aryl methyl sites for hydroxylation is 3. The van der Waals surface area contributed by atoms with Crippen molar-refractivity contribution in [3.63, 3.8) is 0 Å². The lowest BCUT2D eigenvalue weighted by atomic mass is 10.1. The largest absolute Gasteiger partial charge is 0.467 e. The first-order valence-electron chi connectivity index (χ1n) is 10.8. The first kappa shape index (κ1) is 22.3. The number of carbonyl (C=O) groups is 2. The van der Waals surface area contributed by atoms with Crippen LogP contribution in [0.3, 0.4) is 0 Å². The van der Waals surface area contributed by atoms with Gasteiger partial charge in [0.1, 0.15) is 5.76 Å². The van der Waals surface area contributed by atoms with E-state index in [-0.39, 0.29) is 18.8 Å². The lowest BCUT2D eigenvalue weighted by Gasteiger charge is -2.08. The summed E-state index contributed by atoms with van der Waals surface area (Å²) in [7, 11) is 0. The second-order valence-electron chi connectivity index (χ2n) is 8.02. The molecule has 0 fully saturated rings. The lowest BCUT2D eigenvalue weighted by Crippen LogP contribution is -2.15. The molecule has 3 heterocycles. The van der Waals surface area contributed by atoms with Crippen LogP contribution in [0.25, 0.3) is 11.3 Å². The molecule has 4 rings (SSSR count).